The average Bonchev–Trinajstić information content (AvgIpc) is 2.86. The fourth-order valence-corrected chi connectivity index (χ4v) is 4.84. The van der Waals surface area contributed by atoms with Crippen molar-refractivity contribution in [2.45, 2.75) is 77.0 Å². The number of amides is 3. The lowest BCUT2D eigenvalue weighted by Crippen LogP contribution is -2.55. The Morgan fingerprint density at radius 1 is 0.977 bits per heavy atom. The number of carbonyl (C=O) groups is 3. The summed E-state index contributed by atoms with van der Waals surface area (Å²) >= 11 is 0. The Bertz CT molecular complexity index is 1350. The van der Waals surface area contributed by atoms with E-state index in [2.05, 4.69) is 0 Å². The molecule has 0 spiro atoms. The Labute approximate surface area is 242 Å². The molecule has 1 fully saturated rings. The van der Waals surface area contributed by atoms with Crippen LogP contribution in [0.1, 0.15) is 67.6 Å². The topological polar surface area (TPSA) is 110 Å². The Morgan fingerprint density at radius 2 is 1.51 bits per heavy atom. The highest BCUT2D eigenvalue weighted by molar-refractivity contribution is 5.95. The second-order valence-corrected chi connectivity index (χ2v) is 11.1. The number of benzene rings is 2. The number of nitro groups is 1. The minimum atomic E-state index is -5.17. The van der Waals surface area contributed by atoms with Crippen molar-refractivity contribution in [3.05, 3.63) is 74.8 Å². The van der Waals surface area contributed by atoms with Gasteiger partial charge in [0.1, 0.15) is 5.60 Å². The molecule has 0 saturated carbocycles. The van der Waals surface area contributed by atoms with E-state index >= 15 is 0 Å². The molecule has 15 heteroatoms. The van der Waals surface area contributed by atoms with Crippen LogP contribution in [0.2, 0.25) is 0 Å². The summed E-state index contributed by atoms with van der Waals surface area (Å²) in [6.07, 6.45) is -11.5. The zero-order valence-corrected chi connectivity index (χ0v) is 23.6. The van der Waals surface area contributed by atoms with Crippen molar-refractivity contribution in [3.8, 4) is 0 Å². The lowest BCUT2D eigenvalue weighted by atomic mass is 9.90. The van der Waals surface area contributed by atoms with Crippen LogP contribution in [0.4, 0.5) is 36.8 Å². The summed E-state index contributed by atoms with van der Waals surface area (Å²) in [5.41, 5.74) is -4.88. The first-order chi connectivity index (χ1) is 19.7. The van der Waals surface area contributed by atoms with E-state index in [0.29, 0.717) is 17.7 Å². The number of alkyl halides is 6. The van der Waals surface area contributed by atoms with Gasteiger partial charge in [-0.1, -0.05) is 12.1 Å². The third-order valence-electron chi connectivity index (χ3n) is 6.70. The van der Waals surface area contributed by atoms with E-state index in [0.717, 1.165) is 16.7 Å². The third-order valence-corrected chi connectivity index (χ3v) is 6.70. The first kappa shape index (κ1) is 33.3. The standard InChI is InChI=1S/C28H29F6N3O6/c1-16(38)36(25(40)43-26(2,3)4)22-9-10-35(23(15-22)11-17-5-7-21(8-6-17)37(41)42)24(39)18-12-19(27(29,30)31)14-20(13-18)28(32,33)34/h5-8,12-14,22-23H,9-11,15H2,1-4H3/t22-,23+/m0/s1. The zero-order valence-electron chi connectivity index (χ0n) is 23.6. The van der Waals surface area contributed by atoms with Crippen LogP contribution in [0.15, 0.2) is 42.5 Å². The van der Waals surface area contributed by atoms with E-state index in [1.165, 1.54) is 24.3 Å². The average molecular weight is 618 g/mol. The van der Waals surface area contributed by atoms with Crippen molar-refractivity contribution >= 4 is 23.6 Å². The lowest BCUT2D eigenvalue weighted by molar-refractivity contribution is -0.384. The van der Waals surface area contributed by atoms with Gasteiger partial charge in [-0.25, -0.2) is 9.69 Å². The third kappa shape index (κ3) is 8.45. The van der Waals surface area contributed by atoms with Crippen molar-refractivity contribution in [1.29, 1.82) is 0 Å². The number of halogens is 6. The van der Waals surface area contributed by atoms with Gasteiger partial charge in [-0.3, -0.25) is 19.7 Å². The van der Waals surface area contributed by atoms with Gasteiger partial charge >= 0.3 is 18.4 Å². The number of likely N-dealkylation sites (tertiary alicyclic amines) is 1. The number of nitro benzene ring substituents is 1. The Morgan fingerprint density at radius 3 is 1.95 bits per heavy atom. The molecule has 0 bridgehead atoms. The maximum Gasteiger partial charge on any atom is 0.417 e. The SMILES string of the molecule is CC(=O)N(C(=O)OC(C)(C)C)[C@H]1CCN(C(=O)c2cc(C(F)(F)F)cc(C(F)(F)F)c2)[C@H](Cc2ccc([N+](=O)[O-])cc2)C1. The number of rotatable bonds is 5. The number of non-ortho nitro benzene ring substituents is 1. The molecule has 2 aromatic rings. The highest BCUT2D eigenvalue weighted by Crippen LogP contribution is 2.37. The molecule has 3 amide bonds. The second kappa shape index (κ2) is 12.2. The molecule has 0 unspecified atom stereocenters. The molecule has 0 N–H and O–H groups in total. The summed E-state index contributed by atoms with van der Waals surface area (Å²) in [4.78, 5) is 51.4. The van der Waals surface area contributed by atoms with E-state index in [-0.39, 0.29) is 37.6 Å². The fraction of sp³-hybridized carbons (Fsp3) is 0.464. The molecule has 1 heterocycles. The van der Waals surface area contributed by atoms with E-state index in [4.69, 9.17) is 4.74 Å². The van der Waals surface area contributed by atoms with Crippen molar-refractivity contribution in [1.82, 2.24) is 9.80 Å². The maximum absolute atomic E-state index is 13.6. The van der Waals surface area contributed by atoms with Crippen molar-refractivity contribution in [3.63, 3.8) is 0 Å². The van der Waals surface area contributed by atoms with Crippen LogP contribution in [0.5, 0.6) is 0 Å². The van der Waals surface area contributed by atoms with Gasteiger partial charge in [0.25, 0.3) is 11.6 Å². The smallest absolute Gasteiger partial charge is 0.417 e. The zero-order chi connectivity index (χ0) is 32.5. The molecule has 1 aliphatic heterocycles. The molecule has 0 radical (unpaired) electrons. The monoisotopic (exact) mass is 617 g/mol. The van der Waals surface area contributed by atoms with E-state index in [1.807, 2.05) is 0 Å². The summed E-state index contributed by atoms with van der Waals surface area (Å²) in [5, 5.41) is 11.1. The summed E-state index contributed by atoms with van der Waals surface area (Å²) in [5.74, 6) is -1.78. The van der Waals surface area contributed by atoms with E-state index < -0.39 is 69.6 Å². The van der Waals surface area contributed by atoms with E-state index in [1.54, 1.807) is 20.8 Å². The number of carbonyl (C=O) groups excluding carboxylic acids is 3. The maximum atomic E-state index is 13.6. The lowest BCUT2D eigenvalue weighted by Gasteiger charge is -2.43. The molecular formula is C28H29F6N3O6. The van der Waals surface area contributed by atoms with E-state index in [9.17, 15) is 50.8 Å². The number of ether oxygens (including phenoxy) is 1. The molecule has 1 aliphatic rings. The predicted molar refractivity (Wildman–Crippen MR) is 140 cm³/mol. The van der Waals surface area contributed by atoms with Gasteiger partial charge in [-0.15, -0.1) is 0 Å². The van der Waals surface area contributed by atoms with Crippen molar-refractivity contribution < 1.29 is 50.4 Å². The van der Waals surface area contributed by atoms with Crippen LogP contribution in [-0.4, -0.2) is 56.9 Å². The molecule has 2 atom stereocenters. The molecule has 0 aromatic heterocycles. The summed E-state index contributed by atoms with van der Waals surface area (Å²) in [6, 6.07) is 4.04. The van der Waals surface area contributed by atoms with Gasteiger partial charge in [0.05, 0.1) is 16.1 Å². The van der Waals surface area contributed by atoms with Crippen molar-refractivity contribution in [2.24, 2.45) is 0 Å². The molecule has 43 heavy (non-hydrogen) atoms. The highest BCUT2D eigenvalue weighted by atomic mass is 19.4. The van der Waals surface area contributed by atoms with Gasteiger partial charge in [0.2, 0.25) is 5.91 Å². The van der Waals surface area contributed by atoms with Crippen LogP contribution in [-0.2, 0) is 28.3 Å². The van der Waals surface area contributed by atoms with Gasteiger partial charge in [0, 0.05) is 43.2 Å². The van der Waals surface area contributed by atoms with Gasteiger partial charge in [0.15, 0.2) is 0 Å². The molecule has 0 aliphatic carbocycles. The van der Waals surface area contributed by atoms with Crippen LogP contribution in [0.25, 0.3) is 0 Å². The first-order valence-corrected chi connectivity index (χ1v) is 13.0. The summed E-state index contributed by atoms with van der Waals surface area (Å²) in [6.45, 7) is 5.67. The predicted octanol–water partition coefficient (Wildman–Crippen LogP) is 6.63. The molecule has 9 nitrogen and oxygen atoms in total. The Hall–Kier alpha value is -4.17. The van der Waals surface area contributed by atoms with Crippen molar-refractivity contribution in [2.75, 3.05) is 6.54 Å². The molecule has 3 rings (SSSR count). The molecule has 2 aromatic carbocycles. The number of hydrogen-bond acceptors (Lipinski definition) is 6. The van der Waals surface area contributed by atoms with Crippen LogP contribution in [0, 0.1) is 10.1 Å². The largest absolute Gasteiger partial charge is 0.443 e. The summed E-state index contributed by atoms with van der Waals surface area (Å²) < 4.78 is 86.2. The Kier molecular flexibility index (Phi) is 9.46. The van der Waals surface area contributed by atoms with Gasteiger partial charge in [-0.05, 0) is 63.8 Å². The fourth-order valence-electron chi connectivity index (χ4n) is 4.84. The number of piperidine rings is 1. The molecule has 1 saturated heterocycles. The normalized spacial score (nSPS) is 17.8. The highest BCUT2D eigenvalue weighted by Gasteiger charge is 2.41. The van der Waals surface area contributed by atoms with Gasteiger partial charge in [-0.2, -0.15) is 26.3 Å². The molecule has 234 valence electrons. The summed E-state index contributed by atoms with van der Waals surface area (Å²) in [7, 11) is 0. The first-order valence-electron chi connectivity index (χ1n) is 13.0. The number of nitrogens with zero attached hydrogens (tertiary/aromatic N) is 3. The minimum Gasteiger partial charge on any atom is -0.443 e. The van der Waals surface area contributed by atoms with Crippen LogP contribution >= 0.6 is 0 Å². The quantitative estimate of drug-likeness (QED) is 0.212. The molecular weight excluding hydrogens is 588 g/mol. The van der Waals surface area contributed by atoms with Gasteiger partial charge < -0.3 is 9.64 Å². The second-order valence-electron chi connectivity index (χ2n) is 11.1. The minimum absolute atomic E-state index is 0.0353. The van der Waals surface area contributed by atoms with Crippen LogP contribution < -0.4 is 0 Å². The van der Waals surface area contributed by atoms with Crippen LogP contribution in [0.3, 0.4) is 0 Å². The number of imide groups is 1. The number of hydrogen-bond donors (Lipinski definition) is 0. The Balaban J connectivity index is 2.03.